The smallest absolute Gasteiger partial charge is 0.123 e. The van der Waals surface area contributed by atoms with Gasteiger partial charge in [0.15, 0.2) is 0 Å². The summed E-state index contributed by atoms with van der Waals surface area (Å²) in [5.74, 6) is -0.171. The molecule has 0 aromatic heterocycles. The van der Waals surface area contributed by atoms with Gasteiger partial charge < -0.3 is 10.2 Å². The molecule has 1 aromatic carbocycles. The molecule has 2 nitrogen and oxygen atoms in total. The average molecular weight is 252 g/mol. The van der Waals surface area contributed by atoms with Crippen LogP contribution in [-0.4, -0.2) is 32.1 Å². The first-order chi connectivity index (χ1) is 8.49. The van der Waals surface area contributed by atoms with E-state index in [-0.39, 0.29) is 11.2 Å². The van der Waals surface area contributed by atoms with Gasteiger partial charge in [-0.1, -0.05) is 26.0 Å². The molecule has 1 atom stereocenters. The largest absolute Gasteiger partial charge is 0.319 e. The van der Waals surface area contributed by atoms with Crippen molar-refractivity contribution in [3.8, 4) is 0 Å². The zero-order chi connectivity index (χ0) is 13.6. The molecule has 1 rings (SSSR count). The van der Waals surface area contributed by atoms with Crippen LogP contribution in [0.1, 0.15) is 25.8 Å². The quantitative estimate of drug-likeness (QED) is 0.802. The van der Waals surface area contributed by atoms with Crippen molar-refractivity contribution in [1.82, 2.24) is 10.2 Å². The van der Waals surface area contributed by atoms with Crippen LogP contribution in [0.3, 0.4) is 0 Å². The third kappa shape index (κ3) is 4.75. The fourth-order valence-corrected chi connectivity index (χ4v) is 2.33. The van der Waals surface area contributed by atoms with Gasteiger partial charge in [-0.05, 0) is 43.6 Å². The standard InChI is InChI=1S/C15H25FN2/c1-5-15(2,11-17-3)12-18(4)10-13-6-8-14(16)9-7-13/h6-9,17H,5,10-12H2,1-4H3. The summed E-state index contributed by atoms with van der Waals surface area (Å²) in [5, 5.41) is 3.26. The molecule has 102 valence electrons. The van der Waals surface area contributed by atoms with Crippen molar-refractivity contribution >= 4 is 0 Å². The third-order valence-corrected chi connectivity index (χ3v) is 3.47. The van der Waals surface area contributed by atoms with Gasteiger partial charge in [-0.3, -0.25) is 0 Å². The number of hydrogen-bond acceptors (Lipinski definition) is 2. The van der Waals surface area contributed by atoms with Gasteiger partial charge in [0.1, 0.15) is 5.82 Å². The molecule has 0 heterocycles. The molecule has 0 aliphatic carbocycles. The maximum atomic E-state index is 12.8. The zero-order valence-electron chi connectivity index (χ0n) is 12.0. The van der Waals surface area contributed by atoms with E-state index in [9.17, 15) is 4.39 Å². The minimum atomic E-state index is -0.171. The molecule has 1 N–H and O–H groups in total. The van der Waals surface area contributed by atoms with E-state index in [1.54, 1.807) is 0 Å². The van der Waals surface area contributed by atoms with Gasteiger partial charge in [0.2, 0.25) is 0 Å². The van der Waals surface area contributed by atoms with Crippen LogP contribution in [0.4, 0.5) is 4.39 Å². The number of rotatable bonds is 7. The molecule has 0 saturated carbocycles. The molecule has 0 fully saturated rings. The van der Waals surface area contributed by atoms with Crippen molar-refractivity contribution in [2.45, 2.75) is 26.8 Å². The lowest BCUT2D eigenvalue weighted by molar-refractivity contribution is 0.178. The zero-order valence-corrected chi connectivity index (χ0v) is 12.0. The fourth-order valence-electron chi connectivity index (χ4n) is 2.33. The van der Waals surface area contributed by atoms with Crippen LogP contribution in [0.5, 0.6) is 0 Å². The summed E-state index contributed by atoms with van der Waals surface area (Å²) in [6, 6.07) is 6.76. The minimum absolute atomic E-state index is 0.171. The molecule has 1 unspecified atom stereocenters. The molecule has 18 heavy (non-hydrogen) atoms. The highest BCUT2D eigenvalue weighted by Gasteiger charge is 2.22. The van der Waals surface area contributed by atoms with Crippen LogP contribution in [0, 0.1) is 11.2 Å². The molecule has 0 radical (unpaired) electrons. The Labute approximate surface area is 110 Å². The van der Waals surface area contributed by atoms with Crippen LogP contribution in [0.2, 0.25) is 0 Å². The molecule has 0 aliphatic heterocycles. The van der Waals surface area contributed by atoms with Crippen molar-refractivity contribution < 1.29 is 4.39 Å². The van der Waals surface area contributed by atoms with Crippen molar-refractivity contribution in [3.05, 3.63) is 35.6 Å². The summed E-state index contributed by atoms with van der Waals surface area (Å²) >= 11 is 0. The summed E-state index contributed by atoms with van der Waals surface area (Å²) < 4.78 is 12.8. The van der Waals surface area contributed by atoms with Gasteiger partial charge in [0, 0.05) is 19.6 Å². The minimum Gasteiger partial charge on any atom is -0.319 e. The van der Waals surface area contributed by atoms with E-state index in [4.69, 9.17) is 0 Å². The van der Waals surface area contributed by atoms with Gasteiger partial charge >= 0.3 is 0 Å². The fraction of sp³-hybridized carbons (Fsp3) is 0.600. The van der Waals surface area contributed by atoms with Gasteiger partial charge in [-0.15, -0.1) is 0 Å². The highest BCUT2D eigenvalue weighted by Crippen LogP contribution is 2.21. The van der Waals surface area contributed by atoms with Crippen LogP contribution in [-0.2, 0) is 6.54 Å². The second-order valence-corrected chi connectivity index (χ2v) is 5.49. The van der Waals surface area contributed by atoms with E-state index in [2.05, 4.69) is 31.1 Å². The number of nitrogens with zero attached hydrogens (tertiary/aromatic N) is 1. The summed E-state index contributed by atoms with van der Waals surface area (Å²) in [5.41, 5.74) is 1.44. The Morgan fingerprint density at radius 3 is 2.39 bits per heavy atom. The number of benzene rings is 1. The first kappa shape index (κ1) is 15.1. The van der Waals surface area contributed by atoms with E-state index in [0.29, 0.717) is 0 Å². The van der Waals surface area contributed by atoms with Gasteiger partial charge in [-0.25, -0.2) is 4.39 Å². The van der Waals surface area contributed by atoms with Crippen LogP contribution < -0.4 is 5.32 Å². The van der Waals surface area contributed by atoms with Gasteiger partial charge in [0.25, 0.3) is 0 Å². The highest BCUT2D eigenvalue weighted by molar-refractivity contribution is 5.15. The van der Waals surface area contributed by atoms with E-state index in [1.807, 2.05) is 19.2 Å². The van der Waals surface area contributed by atoms with Crippen LogP contribution in [0.25, 0.3) is 0 Å². The molecule has 0 aliphatic rings. The number of halogens is 1. The Kier molecular flexibility index (Phi) is 5.76. The number of hydrogen-bond donors (Lipinski definition) is 1. The molecule has 1 aromatic rings. The van der Waals surface area contributed by atoms with Crippen molar-refractivity contribution in [2.75, 3.05) is 27.2 Å². The SMILES string of the molecule is CCC(C)(CNC)CN(C)Cc1ccc(F)cc1. The Hall–Kier alpha value is -0.930. The monoisotopic (exact) mass is 252 g/mol. The van der Waals surface area contributed by atoms with E-state index < -0.39 is 0 Å². The van der Waals surface area contributed by atoms with Crippen LogP contribution in [0.15, 0.2) is 24.3 Å². The first-order valence-electron chi connectivity index (χ1n) is 6.56. The molecule has 0 amide bonds. The van der Waals surface area contributed by atoms with Crippen molar-refractivity contribution in [1.29, 1.82) is 0 Å². The average Bonchev–Trinajstić information content (AvgIpc) is 2.32. The van der Waals surface area contributed by atoms with E-state index >= 15 is 0 Å². The summed E-state index contributed by atoms with van der Waals surface area (Å²) in [6.45, 7) is 7.42. The van der Waals surface area contributed by atoms with Crippen molar-refractivity contribution in [2.24, 2.45) is 5.41 Å². The predicted molar refractivity (Wildman–Crippen MR) is 75.1 cm³/mol. The van der Waals surface area contributed by atoms with E-state index in [0.717, 1.165) is 31.6 Å². The molecular weight excluding hydrogens is 227 g/mol. The summed E-state index contributed by atoms with van der Waals surface area (Å²) in [7, 11) is 4.11. The molecule has 0 spiro atoms. The normalized spacial score (nSPS) is 14.8. The second kappa shape index (κ2) is 6.86. The molecule has 0 saturated heterocycles. The first-order valence-corrected chi connectivity index (χ1v) is 6.56. The topological polar surface area (TPSA) is 15.3 Å². The molecule has 0 bridgehead atoms. The highest BCUT2D eigenvalue weighted by atomic mass is 19.1. The Morgan fingerprint density at radius 2 is 1.89 bits per heavy atom. The summed E-state index contributed by atoms with van der Waals surface area (Å²) in [4.78, 5) is 2.30. The van der Waals surface area contributed by atoms with Crippen molar-refractivity contribution in [3.63, 3.8) is 0 Å². The lowest BCUT2D eigenvalue weighted by Gasteiger charge is -2.33. The maximum Gasteiger partial charge on any atom is 0.123 e. The van der Waals surface area contributed by atoms with Gasteiger partial charge in [-0.2, -0.15) is 0 Å². The Balaban J connectivity index is 2.54. The number of nitrogens with one attached hydrogen (secondary N) is 1. The molecule has 3 heteroatoms. The Bertz CT molecular complexity index is 350. The van der Waals surface area contributed by atoms with E-state index in [1.165, 1.54) is 12.1 Å². The maximum absolute atomic E-state index is 12.8. The second-order valence-electron chi connectivity index (χ2n) is 5.49. The molecular formula is C15H25FN2. The lowest BCUT2D eigenvalue weighted by atomic mass is 9.87. The summed E-state index contributed by atoms with van der Waals surface area (Å²) in [6.07, 6.45) is 1.14. The van der Waals surface area contributed by atoms with Gasteiger partial charge in [0.05, 0.1) is 0 Å². The lowest BCUT2D eigenvalue weighted by Crippen LogP contribution is -2.39. The van der Waals surface area contributed by atoms with Crippen LogP contribution >= 0.6 is 0 Å². The Morgan fingerprint density at radius 1 is 1.28 bits per heavy atom. The third-order valence-electron chi connectivity index (χ3n) is 3.47. The predicted octanol–water partition coefficient (Wildman–Crippen LogP) is 2.89.